The lowest BCUT2D eigenvalue weighted by Crippen LogP contribution is -2.20. The highest BCUT2D eigenvalue weighted by molar-refractivity contribution is 7.80. The number of nitrogens with one attached hydrogen (secondary N) is 2. The van der Waals surface area contributed by atoms with Crippen molar-refractivity contribution in [3.05, 3.63) is 72.8 Å². The van der Waals surface area contributed by atoms with Crippen LogP contribution in [0, 0.1) is 5.82 Å². The molecule has 2 aromatic heterocycles. The van der Waals surface area contributed by atoms with Crippen molar-refractivity contribution in [3.63, 3.8) is 0 Å². The van der Waals surface area contributed by atoms with Crippen molar-refractivity contribution in [2.45, 2.75) is 0 Å². The minimum Gasteiger partial charge on any atom is -0.331 e. The average Bonchev–Trinajstić information content (AvgIpc) is 2.64. The highest BCUT2D eigenvalue weighted by Gasteiger charge is 2.10. The summed E-state index contributed by atoms with van der Waals surface area (Å²) in [5.74, 6) is -0.364. The number of nitrogens with zero attached hydrogens (tertiary/aromatic N) is 2. The van der Waals surface area contributed by atoms with Gasteiger partial charge in [0.25, 0.3) is 0 Å². The van der Waals surface area contributed by atoms with Crippen LogP contribution in [0.5, 0.6) is 0 Å². The molecule has 2 aromatic carbocycles. The lowest BCUT2D eigenvalue weighted by atomic mass is 10.1. The summed E-state index contributed by atoms with van der Waals surface area (Å²) in [4.78, 5) is 8.89. The minimum absolute atomic E-state index is 0.292. The van der Waals surface area contributed by atoms with E-state index in [0.29, 0.717) is 10.8 Å². The van der Waals surface area contributed by atoms with Gasteiger partial charge in [0.15, 0.2) is 5.11 Å². The van der Waals surface area contributed by atoms with E-state index in [1.165, 1.54) is 6.07 Å². The Morgan fingerprint density at radius 2 is 1.56 bits per heavy atom. The predicted octanol–water partition coefficient (Wildman–Crippen LogP) is 4.73. The van der Waals surface area contributed by atoms with Crippen molar-refractivity contribution in [1.29, 1.82) is 0 Å². The molecule has 0 saturated heterocycles. The van der Waals surface area contributed by atoms with Gasteiger partial charge >= 0.3 is 0 Å². The summed E-state index contributed by atoms with van der Waals surface area (Å²) < 4.78 is 13.8. The molecule has 0 fully saturated rings. The zero-order valence-corrected chi connectivity index (χ0v) is 13.8. The molecule has 0 amide bonds. The Hall–Kier alpha value is -3.12. The van der Waals surface area contributed by atoms with E-state index < -0.39 is 0 Å². The smallest absolute Gasteiger partial charge is 0.175 e. The molecule has 0 aliphatic rings. The second kappa shape index (κ2) is 6.41. The van der Waals surface area contributed by atoms with Crippen LogP contribution in [0.2, 0.25) is 0 Å². The molecule has 4 nitrogen and oxygen atoms in total. The number of para-hydroxylation sites is 1. The number of halogens is 1. The van der Waals surface area contributed by atoms with Crippen LogP contribution < -0.4 is 10.6 Å². The van der Waals surface area contributed by atoms with Gasteiger partial charge < -0.3 is 10.6 Å². The average molecular weight is 348 g/mol. The first-order valence-corrected chi connectivity index (χ1v) is 8.08. The van der Waals surface area contributed by atoms with Crippen LogP contribution in [0.15, 0.2) is 67.0 Å². The number of pyridine rings is 2. The van der Waals surface area contributed by atoms with Crippen LogP contribution in [0.3, 0.4) is 0 Å². The predicted molar refractivity (Wildman–Crippen MR) is 103 cm³/mol. The number of aromatic nitrogens is 2. The SMILES string of the molecule is Fc1ccccc1NC(=S)Nc1cc2cccnc2c2cccnc12. The maximum Gasteiger partial charge on any atom is 0.175 e. The topological polar surface area (TPSA) is 49.8 Å². The molecule has 0 unspecified atom stereocenters. The Morgan fingerprint density at radius 3 is 2.40 bits per heavy atom. The van der Waals surface area contributed by atoms with Crippen LogP contribution in [0.25, 0.3) is 21.8 Å². The third kappa shape index (κ3) is 2.99. The number of thiocarbonyl (C=S) groups is 1. The van der Waals surface area contributed by atoms with Gasteiger partial charge in [0.2, 0.25) is 0 Å². The Labute approximate surface area is 148 Å². The van der Waals surface area contributed by atoms with Gasteiger partial charge in [0, 0.05) is 23.2 Å². The van der Waals surface area contributed by atoms with Gasteiger partial charge in [-0.15, -0.1) is 0 Å². The number of rotatable bonds is 2. The van der Waals surface area contributed by atoms with Crippen molar-refractivity contribution >= 4 is 50.5 Å². The third-order valence-electron chi connectivity index (χ3n) is 3.83. The molecule has 0 bridgehead atoms. The summed E-state index contributed by atoms with van der Waals surface area (Å²) >= 11 is 5.33. The highest BCUT2D eigenvalue weighted by Crippen LogP contribution is 2.29. The van der Waals surface area contributed by atoms with E-state index in [4.69, 9.17) is 12.2 Å². The molecule has 0 atom stereocenters. The minimum atomic E-state index is -0.364. The van der Waals surface area contributed by atoms with E-state index >= 15 is 0 Å². The number of hydrogen-bond acceptors (Lipinski definition) is 3. The summed E-state index contributed by atoms with van der Waals surface area (Å²) in [6.07, 6.45) is 3.47. The maximum atomic E-state index is 13.8. The van der Waals surface area contributed by atoms with Crippen molar-refractivity contribution in [2.75, 3.05) is 10.6 Å². The van der Waals surface area contributed by atoms with Crippen LogP contribution in [-0.2, 0) is 0 Å². The summed E-state index contributed by atoms with van der Waals surface area (Å²) in [5, 5.41) is 8.18. The van der Waals surface area contributed by atoms with Crippen LogP contribution in [0.4, 0.5) is 15.8 Å². The summed E-state index contributed by atoms with van der Waals surface area (Å²) in [5.41, 5.74) is 2.69. The number of benzene rings is 2. The van der Waals surface area contributed by atoms with Gasteiger partial charge in [-0.3, -0.25) is 9.97 Å². The van der Waals surface area contributed by atoms with E-state index in [2.05, 4.69) is 20.6 Å². The Balaban J connectivity index is 1.73. The van der Waals surface area contributed by atoms with Gasteiger partial charge in [-0.2, -0.15) is 0 Å². The maximum absolute atomic E-state index is 13.8. The molecular formula is C19H13FN4S. The van der Waals surface area contributed by atoms with Crippen LogP contribution in [-0.4, -0.2) is 15.1 Å². The molecule has 0 saturated carbocycles. The number of fused-ring (bicyclic) bond motifs is 3. The van der Waals surface area contributed by atoms with Crippen molar-refractivity contribution in [1.82, 2.24) is 9.97 Å². The molecule has 4 rings (SSSR count). The van der Waals surface area contributed by atoms with Gasteiger partial charge in [0.1, 0.15) is 5.82 Å². The van der Waals surface area contributed by atoms with E-state index in [1.54, 1.807) is 30.6 Å². The molecule has 2 N–H and O–H groups in total. The van der Waals surface area contributed by atoms with E-state index in [-0.39, 0.29) is 5.82 Å². The Kier molecular flexibility index (Phi) is 3.95. The molecule has 0 radical (unpaired) electrons. The van der Waals surface area contributed by atoms with E-state index in [9.17, 15) is 4.39 Å². The van der Waals surface area contributed by atoms with Crippen LogP contribution in [0.1, 0.15) is 0 Å². The Bertz CT molecular complexity index is 1100. The highest BCUT2D eigenvalue weighted by atomic mass is 32.1. The molecular weight excluding hydrogens is 335 g/mol. The van der Waals surface area contributed by atoms with Crippen LogP contribution >= 0.6 is 12.2 Å². The zero-order valence-electron chi connectivity index (χ0n) is 13.0. The number of hydrogen-bond donors (Lipinski definition) is 2. The van der Waals surface area contributed by atoms with Gasteiger partial charge in [0.05, 0.1) is 22.4 Å². The summed E-state index contributed by atoms with van der Waals surface area (Å²) in [6, 6.07) is 16.0. The quantitative estimate of drug-likeness (QED) is 0.405. The second-order valence-electron chi connectivity index (χ2n) is 5.46. The van der Waals surface area contributed by atoms with Crippen molar-refractivity contribution in [3.8, 4) is 0 Å². The van der Waals surface area contributed by atoms with E-state index in [1.807, 2.05) is 30.3 Å². The fourth-order valence-electron chi connectivity index (χ4n) is 2.73. The van der Waals surface area contributed by atoms with Gasteiger partial charge in [-0.25, -0.2) is 4.39 Å². The molecule has 122 valence electrons. The number of anilines is 2. The van der Waals surface area contributed by atoms with Crippen molar-refractivity contribution < 1.29 is 4.39 Å². The molecule has 25 heavy (non-hydrogen) atoms. The van der Waals surface area contributed by atoms with Gasteiger partial charge in [-0.1, -0.05) is 18.2 Å². The molecule has 2 heterocycles. The standard InChI is InChI=1S/C19H13FN4S/c20-14-7-1-2-8-15(14)23-19(25)24-16-11-12-5-3-9-21-17(12)13-6-4-10-22-18(13)16/h1-11H,(H2,23,24,25). The third-order valence-corrected chi connectivity index (χ3v) is 4.03. The zero-order chi connectivity index (χ0) is 17.2. The summed E-state index contributed by atoms with van der Waals surface area (Å²) in [7, 11) is 0. The Morgan fingerprint density at radius 1 is 0.840 bits per heavy atom. The first-order valence-electron chi connectivity index (χ1n) is 7.67. The molecule has 0 aliphatic heterocycles. The molecule has 6 heteroatoms. The molecule has 0 spiro atoms. The normalized spacial score (nSPS) is 10.8. The first-order chi connectivity index (χ1) is 12.2. The fraction of sp³-hybridized carbons (Fsp3) is 0. The first kappa shape index (κ1) is 15.4. The monoisotopic (exact) mass is 348 g/mol. The lowest BCUT2D eigenvalue weighted by molar-refractivity contribution is 0.632. The summed E-state index contributed by atoms with van der Waals surface area (Å²) in [6.45, 7) is 0. The lowest BCUT2D eigenvalue weighted by Gasteiger charge is -2.14. The van der Waals surface area contributed by atoms with E-state index in [0.717, 1.165) is 27.5 Å². The fourth-order valence-corrected chi connectivity index (χ4v) is 2.95. The molecule has 4 aromatic rings. The largest absolute Gasteiger partial charge is 0.331 e. The van der Waals surface area contributed by atoms with Crippen molar-refractivity contribution in [2.24, 2.45) is 0 Å². The molecule has 0 aliphatic carbocycles. The second-order valence-corrected chi connectivity index (χ2v) is 5.87. The van der Waals surface area contributed by atoms with Gasteiger partial charge in [-0.05, 0) is 48.6 Å².